The smallest absolute Gasteiger partial charge is 0.0361 e. The van der Waals surface area contributed by atoms with Gasteiger partial charge in [0.2, 0.25) is 0 Å². The molecule has 1 N–H and O–H groups in total. The highest BCUT2D eigenvalue weighted by atomic mass is 15.1. The molecule has 28 heavy (non-hydrogen) atoms. The highest BCUT2D eigenvalue weighted by molar-refractivity contribution is 6.23. The average molecular weight is 364 g/mol. The molecule has 0 fully saturated rings. The van der Waals surface area contributed by atoms with Crippen molar-refractivity contribution in [2.45, 2.75) is 13.1 Å². The van der Waals surface area contributed by atoms with Crippen molar-refractivity contribution in [3.8, 4) is 0 Å². The molecule has 2 nitrogen and oxygen atoms in total. The number of anilines is 1. The van der Waals surface area contributed by atoms with E-state index in [0.29, 0.717) is 0 Å². The number of nitrogens with one attached hydrogen (secondary N) is 1. The predicted molar refractivity (Wildman–Crippen MR) is 121 cm³/mol. The Morgan fingerprint density at radius 1 is 0.643 bits per heavy atom. The van der Waals surface area contributed by atoms with Gasteiger partial charge >= 0.3 is 0 Å². The summed E-state index contributed by atoms with van der Waals surface area (Å²) in [5.41, 5.74) is 3.90. The Labute approximate surface area is 165 Å². The molecule has 0 heterocycles. The van der Waals surface area contributed by atoms with Gasteiger partial charge in [-0.3, -0.25) is 0 Å². The largest absolute Gasteiger partial charge is 0.378 e. The van der Waals surface area contributed by atoms with Crippen molar-refractivity contribution < 1.29 is 0 Å². The first-order valence-electron chi connectivity index (χ1n) is 9.83. The zero-order valence-corrected chi connectivity index (χ0v) is 16.4. The maximum atomic E-state index is 3.63. The molecule has 5 aromatic rings. The number of hydrogen-bond acceptors (Lipinski definition) is 2. The molecule has 5 rings (SSSR count). The minimum atomic E-state index is 0.865. The summed E-state index contributed by atoms with van der Waals surface area (Å²) < 4.78 is 0. The maximum absolute atomic E-state index is 3.63. The van der Waals surface area contributed by atoms with Crippen molar-refractivity contribution in [3.05, 3.63) is 90.0 Å². The van der Waals surface area contributed by atoms with E-state index in [1.54, 1.807) is 0 Å². The highest BCUT2D eigenvalue weighted by Crippen LogP contribution is 2.35. The van der Waals surface area contributed by atoms with Crippen LogP contribution in [-0.2, 0) is 13.1 Å². The van der Waals surface area contributed by atoms with Crippen LogP contribution in [0, 0.1) is 0 Å². The second-order valence-electron chi connectivity index (χ2n) is 7.75. The van der Waals surface area contributed by atoms with Gasteiger partial charge in [0, 0.05) is 32.9 Å². The lowest BCUT2D eigenvalue weighted by molar-refractivity contribution is 0.697. The fraction of sp³-hybridized carbons (Fsp3) is 0.154. The maximum Gasteiger partial charge on any atom is 0.0361 e. The van der Waals surface area contributed by atoms with Gasteiger partial charge in [-0.05, 0) is 55.6 Å². The third-order valence-electron chi connectivity index (χ3n) is 5.72. The first kappa shape index (κ1) is 17.0. The molecule has 0 aliphatic heterocycles. The first-order chi connectivity index (χ1) is 13.7. The summed E-state index contributed by atoms with van der Waals surface area (Å²) in [6.07, 6.45) is 0. The van der Waals surface area contributed by atoms with Gasteiger partial charge in [-0.15, -0.1) is 0 Å². The van der Waals surface area contributed by atoms with Crippen LogP contribution in [0.5, 0.6) is 0 Å². The van der Waals surface area contributed by atoms with Gasteiger partial charge in [-0.25, -0.2) is 0 Å². The van der Waals surface area contributed by atoms with E-state index in [9.17, 15) is 0 Å². The van der Waals surface area contributed by atoms with E-state index in [2.05, 4.69) is 103 Å². The van der Waals surface area contributed by atoms with E-state index in [-0.39, 0.29) is 0 Å². The van der Waals surface area contributed by atoms with Crippen molar-refractivity contribution in [1.29, 1.82) is 0 Å². The van der Waals surface area contributed by atoms with Crippen molar-refractivity contribution in [2.24, 2.45) is 0 Å². The Balaban J connectivity index is 1.44. The van der Waals surface area contributed by atoms with Crippen LogP contribution in [0.3, 0.4) is 0 Å². The monoisotopic (exact) mass is 364 g/mol. The number of benzene rings is 5. The molecule has 0 unspecified atom stereocenters. The van der Waals surface area contributed by atoms with Gasteiger partial charge in [0.25, 0.3) is 0 Å². The van der Waals surface area contributed by atoms with Crippen molar-refractivity contribution in [2.75, 3.05) is 19.0 Å². The van der Waals surface area contributed by atoms with Crippen LogP contribution in [0.2, 0.25) is 0 Å². The molecule has 2 heteroatoms. The summed E-state index contributed by atoms with van der Waals surface area (Å²) in [5, 5.41) is 11.7. The third-order valence-corrected chi connectivity index (χ3v) is 5.72. The minimum Gasteiger partial charge on any atom is -0.378 e. The molecule has 0 spiro atoms. The number of rotatable bonds is 5. The van der Waals surface area contributed by atoms with Gasteiger partial charge < -0.3 is 10.2 Å². The van der Waals surface area contributed by atoms with E-state index in [0.717, 1.165) is 13.1 Å². The fourth-order valence-electron chi connectivity index (χ4n) is 4.20. The van der Waals surface area contributed by atoms with E-state index in [1.165, 1.54) is 49.1 Å². The van der Waals surface area contributed by atoms with Gasteiger partial charge in [0.15, 0.2) is 0 Å². The molecule has 0 aromatic heterocycles. The molecule has 0 bridgehead atoms. The van der Waals surface area contributed by atoms with Crippen LogP contribution in [0.4, 0.5) is 5.69 Å². The van der Waals surface area contributed by atoms with E-state index in [4.69, 9.17) is 0 Å². The summed E-state index contributed by atoms with van der Waals surface area (Å²) in [6.45, 7) is 1.74. The summed E-state index contributed by atoms with van der Waals surface area (Å²) >= 11 is 0. The number of hydrogen-bond donors (Lipinski definition) is 1. The quantitative estimate of drug-likeness (QED) is 0.388. The fourth-order valence-corrected chi connectivity index (χ4v) is 4.20. The summed E-state index contributed by atoms with van der Waals surface area (Å²) in [7, 11) is 4.14. The lowest BCUT2D eigenvalue weighted by Crippen LogP contribution is -2.13. The third kappa shape index (κ3) is 2.87. The van der Waals surface area contributed by atoms with Crippen molar-refractivity contribution in [1.82, 2.24) is 5.32 Å². The SMILES string of the molecule is CN(C)c1ccc(CNCc2ccc3ccc4cccc5ccc2c3c45)cc1. The Morgan fingerprint density at radius 3 is 2.00 bits per heavy atom. The minimum absolute atomic E-state index is 0.865. The summed E-state index contributed by atoms with van der Waals surface area (Å²) in [6, 6.07) is 28.9. The molecule has 0 saturated carbocycles. The molecule has 0 radical (unpaired) electrons. The first-order valence-corrected chi connectivity index (χ1v) is 9.83. The Kier molecular flexibility index (Phi) is 4.14. The lowest BCUT2D eigenvalue weighted by atomic mass is 9.92. The molecule has 0 aliphatic carbocycles. The van der Waals surface area contributed by atoms with Crippen LogP contribution < -0.4 is 10.2 Å². The molecule has 138 valence electrons. The van der Waals surface area contributed by atoms with Crippen molar-refractivity contribution in [3.63, 3.8) is 0 Å². The second-order valence-corrected chi connectivity index (χ2v) is 7.75. The number of nitrogens with zero attached hydrogens (tertiary/aromatic N) is 1. The average Bonchev–Trinajstić information content (AvgIpc) is 2.73. The zero-order chi connectivity index (χ0) is 19.1. The molecule has 0 aliphatic rings. The molecule has 5 aromatic carbocycles. The Bertz CT molecular complexity index is 1240. The van der Waals surface area contributed by atoms with Crippen LogP contribution >= 0.6 is 0 Å². The molecular formula is C26H24N2. The highest BCUT2D eigenvalue weighted by Gasteiger charge is 2.10. The van der Waals surface area contributed by atoms with Crippen molar-refractivity contribution >= 4 is 38.0 Å². The molecular weight excluding hydrogens is 340 g/mol. The summed E-state index contributed by atoms with van der Waals surface area (Å²) in [5.74, 6) is 0. The predicted octanol–water partition coefficient (Wildman–Crippen LogP) is 5.94. The van der Waals surface area contributed by atoms with Crippen LogP contribution in [0.1, 0.15) is 11.1 Å². The van der Waals surface area contributed by atoms with Gasteiger partial charge in [-0.1, -0.05) is 66.7 Å². The second kappa shape index (κ2) is 6.81. The molecule has 0 amide bonds. The molecule has 0 saturated heterocycles. The Hall–Kier alpha value is -3.10. The summed E-state index contributed by atoms with van der Waals surface area (Å²) in [4.78, 5) is 2.13. The molecule has 0 atom stereocenters. The van der Waals surface area contributed by atoms with Crippen LogP contribution in [-0.4, -0.2) is 14.1 Å². The van der Waals surface area contributed by atoms with Gasteiger partial charge in [0.05, 0.1) is 0 Å². The van der Waals surface area contributed by atoms with Crippen LogP contribution in [0.25, 0.3) is 32.3 Å². The normalized spacial score (nSPS) is 11.6. The van der Waals surface area contributed by atoms with E-state index in [1.807, 2.05) is 0 Å². The van der Waals surface area contributed by atoms with E-state index < -0.39 is 0 Å². The standard InChI is InChI=1S/C26H24N2/c1-28(2)23-13-6-18(7-14-23)16-27-17-22-11-10-21-9-8-19-4-3-5-20-12-15-24(22)26(21)25(19)20/h3-15,27H,16-17H2,1-2H3. The van der Waals surface area contributed by atoms with Gasteiger partial charge in [-0.2, -0.15) is 0 Å². The Morgan fingerprint density at radius 2 is 1.29 bits per heavy atom. The van der Waals surface area contributed by atoms with E-state index >= 15 is 0 Å². The topological polar surface area (TPSA) is 15.3 Å². The van der Waals surface area contributed by atoms with Gasteiger partial charge in [0.1, 0.15) is 0 Å². The lowest BCUT2D eigenvalue weighted by Gasteiger charge is -2.15. The zero-order valence-electron chi connectivity index (χ0n) is 16.4. The van der Waals surface area contributed by atoms with Crippen LogP contribution in [0.15, 0.2) is 78.9 Å².